The van der Waals surface area contributed by atoms with Crippen molar-refractivity contribution in [3.8, 4) is 5.75 Å². The maximum atomic E-state index is 9.85. The van der Waals surface area contributed by atoms with Crippen LogP contribution in [0.25, 0.3) is 0 Å². The fourth-order valence-electron chi connectivity index (χ4n) is 1.75. The molecule has 0 aliphatic rings. The molecule has 0 aromatic heterocycles. The molecule has 0 aliphatic heterocycles. The second kappa shape index (κ2) is 7.39. The van der Waals surface area contributed by atoms with Crippen molar-refractivity contribution in [3.05, 3.63) is 29.3 Å². The third-order valence-electron chi connectivity index (χ3n) is 3.14. The van der Waals surface area contributed by atoms with Crippen LogP contribution in [-0.4, -0.2) is 30.4 Å². The first-order chi connectivity index (χ1) is 8.54. The lowest BCUT2D eigenvalue weighted by atomic mass is 10.1. The van der Waals surface area contributed by atoms with Gasteiger partial charge >= 0.3 is 0 Å². The van der Waals surface area contributed by atoms with Gasteiger partial charge < -0.3 is 15.2 Å². The molecule has 1 aromatic carbocycles. The highest BCUT2D eigenvalue weighted by molar-refractivity contribution is 5.39. The highest BCUT2D eigenvalue weighted by Gasteiger charge is 2.09. The van der Waals surface area contributed by atoms with Gasteiger partial charge in [-0.15, -0.1) is 0 Å². The van der Waals surface area contributed by atoms with E-state index in [1.54, 1.807) is 0 Å². The summed E-state index contributed by atoms with van der Waals surface area (Å²) in [6.07, 6.45) is 0.586. The molecule has 2 atom stereocenters. The first-order valence-electron chi connectivity index (χ1n) is 6.65. The molecule has 0 radical (unpaired) electrons. The number of aliphatic hydroxyl groups excluding tert-OH is 1. The van der Waals surface area contributed by atoms with Crippen molar-refractivity contribution in [2.45, 2.75) is 46.3 Å². The van der Waals surface area contributed by atoms with E-state index in [1.807, 2.05) is 32.0 Å². The van der Waals surface area contributed by atoms with E-state index in [-0.39, 0.29) is 0 Å². The zero-order valence-electron chi connectivity index (χ0n) is 11.9. The van der Waals surface area contributed by atoms with Crippen LogP contribution in [0.15, 0.2) is 18.2 Å². The second-order valence-corrected chi connectivity index (χ2v) is 4.90. The maximum absolute atomic E-state index is 9.85. The number of para-hydroxylation sites is 1. The van der Waals surface area contributed by atoms with E-state index in [2.05, 4.69) is 19.2 Å². The van der Waals surface area contributed by atoms with Crippen LogP contribution in [0.3, 0.4) is 0 Å². The van der Waals surface area contributed by atoms with E-state index in [9.17, 15) is 5.11 Å². The summed E-state index contributed by atoms with van der Waals surface area (Å²) in [5.41, 5.74) is 2.22. The number of nitrogens with one attached hydrogen (secondary N) is 1. The van der Waals surface area contributed by atoms with E-state index in [0.717, 1.165) is 23.3 Å². The van der Waals surface area contributed by atoms with Gasteiger partial charge in [-0.25, -0.2) is 0 Å². The SMILES string of the molecule is CCC(C)NCC(O)COc1c(C)cccc1C. The Labute approximate surface area is 110 Å². The molecule has 0 fully saturated rings. The van der Waals surface area contributed by atoms with Crippen molar-refractivity contribution in [1.82, 2.24) is 5.32 Å². The van der Waals surface area contributed by atoms with Gasteiger partial charge in [-0.1, -0.05) is 25.1 Å². The molecule has 0 heterocycles. The molecular weight excluding hydrogens is 226 g/mol. The van der Waals surface area contributed by atoms with Crippen LogP contribution in [0, 0.1) is 13.8 Å². The molecule has 0 saturated carbocycles. The smallest absolute Gasteiger partial charge is 0.125 e. The lowest BCUT2D eigenvalue weighted by molar-refractivity contribution is 0.103. The van der Waals surface area contributed by atoms with Gasteiger partial charge in [0, 0.05) is 12.6 Å². The van der Waals surface area contributed by atoms with Gasteiger partial charge in [0.1, 0.15) is 18.5 Å². The van der Waals surface area contributed by atoms with E-state index < -0.39 is 6.10 Å². The summed E-state index contributed by atoms with van der Waals surface area (Å²) >= 11 is 0. The minimum atomic E-state index is -0.474. The molecule has 0 amide bonds. The quantitative estimate of drug-likeness (QED) is 0.782. The Balaban J connectivity index is 2.40. The number of ether oxygens (including phenoxy) is 1. The van der Waals surface area contributed by atoms with Crippen molar-refractivity contribution in [2.24, 2.45) is 0 Å². The van der Waals surface area contributed by atoms with Gasteiger partial charge in [0.25, 0.3) is 0 Å². The van der Waals surface area contributed by atoms with E-state index in [0.29, 0.717) is 19.2 Å². The molecule has 0 saturated heterocycles. The molecule has 1 aromatic rings. The number of rotatable bonds is 7. The van der Waals surface area contributed by atoms with Gasteiger partial charge in [0.15, 0.2) is 0 Å². The third-order valence-corrected chi connectivity index (χ3v) is 3.14. The number of benzene rings is 1. The van der Waals surface area contributed by atoms with Gasteiger partial charge in [-0.2, -0.15) is 0 Å². The van der Waals surface area contributed by atoms with Crippen LogP contribution in [0.2, 0.25) is 0 Å². The Morgan fingerprint density at radius 2 is 1.89 bits per heavy atom. The molecule has 1 rings (SSSR count). The Hall–Kier alpha value is -1.06. The monoisotopic (exact) mass is 251 g/mol. The molecule has 3 nitrogen and oxygen atoms in total. The summed E-state index contributed by atoms with van der Waals surface area (Å²) in [6, 6.07) is 6.48. The largest absolute Gasteiger partial charge is 0.490 e. The molecule has 0 aliphatic carbocycles. The minimum absolute atomic E-state index is 0.328. The fraction of sp³-hybridized carbons (Fsp3) is 0.600. The van der Waals surface area contributed by atoms with Crippen LogP contribution >= 0.6 is 0 Å². The van der Waals surface area contributed by atoms with Crippen LogP contribution < -0.4 is 10.1 Å². The average molecular weight is 251 g/mol. The molecule has 0 spiro atoms. The van der Waals surface area contributed by atoms with Gasteiger partial charge in [0.2, 0.25) is 0 Å². The van der Waals surface area contributed by atoms with E-state index in [1.165, 1.54) is 0 Å². The highest BCUT2D eigenvalue weighted by atomic mass is 16.5. The molecule has 2 N–H and O–H groups in total. The summed E-state index contributed by atoms with van der Waals surface area (Å²) in [7, 11) is 0. The van der Waals surface area contributed by atoms with Crippen LogP contribution in [0.5, 0.6) is 5.75 Å². The zero-order chi connectivity index (χ0) is 13.5. The maximum Gasteiger partial charge on any atom is 0.125 e. The molecule has 102 valence electrons. The van der Waals surface area contributed by atoms with Crippen molar-refractivity contribution >= 4 is 0 Å². The standard InChI is InChI=1S/C15H25NO2/c1-5-13(4)16-9-14(17)10-18-15-11(2)7-6-8-12(15)3/h6-8,13-14,16-17H,5,9-10H2,1-4H3. The average Bonchev–Trinajstić information content (AvgIpc) is 2.35. The number of aryl methyl sites for hydroxylation is 2. The van der Waals surface area contributed by atoms with E-state index in [4.69, 9.17) is 4.74 Å². The molecule has 2 unspecified atom stereocenters. The summed E-state index contributed by atoms with van der Waals surface area (Å²) in [5.74, 6) is 0.889. The Kier molecular flexibility index (Phi) is 6.16. The zero-order valence-corrected chi connectivity index (χ0v) is 11.9. The minimum Gasteiger partial charge on any atom is -0.490 e. The molecule has 18 heavy (non-hydrogen) atoms. The summed E-state index contributed by atoms with van der Waals surface area (Å²) in [4.78, 5) is 0. The summed E-state index contributed by atoms with van der Waals surface area (Å²) in [6.45, 7) is 9.17. The van der Waals surface area contributed by atoms with Gasteiger partial charge in [-0.05, 0) is 38.3 Å². The van der Waals surface area contributed by atoms with Crippen molar-refractivity contribution < 1.29 is 9.84 Å². The number of aliphatic hydroxyl groups is 1. The second-order valence-electron chi connectivity index (χ2n) is 4.90. The lowest BCUT2D eigenvalue weighted by Crippen LogP contribution is -2.36. The lowest BCUT2D eigenvalue weighted by Gasteiger charge is -2.18. The Bertz CT molecular complexity index is 345. The predicted molar refractivity (Wildman–Crippen MR) is 75.2 cm³/mol. The highest BCUT2D eigenvalue weighted by Crippen LogP contribution is 2.22. The van der Waals surface area contributed by atoms with Gasteiger partial charge in [0.05, 0.1) is 0 Å². The number of hydrogen-bond donors (Lipinski definition) is 2. The Morgan fingerprint density at radius 1 is 1.28 bits per heavy atom. The van der Waals surface area contributed by atoms with Crippen molar-refractivity contribution in [2.75, 3.05) is 13.2 Å². The normalized spacial score (nSPS) is 14.3. The number of hydrogen-bond acceptors (Lipinski definition) is 3. The van der Waals surface area contributed by atoms with E-state index >= 15 is 0 Å². The first kappa shape index (κ1) is 15.0. The molecular formula is C15H25NO2. The van der Waals surface area contributed by atoms with Crippen LogP contribution in [-0.2, 0) is 0 Å². The summed E-state index contributed by atoms with van der Waals surface area (Å²) < 4.78 is 5.71. The van der Waals surface area contributed by atoms with Crippen LogP contribution in [0.1, 0.15) is 31.4 Å². The third kappa shape index (κ3) is 4.67. The molecule has 3 heteroatoms. The van der Waals surface area contributed by atoms with Crippen molar-refractivity contribution in [1.29, 1.82) is 0 Å². The Morgan fingerprint density at radius 3 is 2.44 bits per heavy atom. The fourth-order valence-corrected chi connectivity index (χ4v) is 1.75. The van der Waals surface area contributed by atoms with Crippen LogP contribution in [0.4, 0.5) is 0 Å². The summed E-state index contributed by atoms with van der Waals surface area (Å²) in [5, 5.41) is 13.1. The predicted octanol–water partition coefficient (Wildman–Crippen LogP) is 2.43. The topological polar surface area (TPSA) is 41.5 Å². The van der Waals surface area contributed by atoms with Crippen molar-refractivity contribution in [3.63, 3.8) is 0 Å². The van der Waals surface area contributed by atoms with Gasteiger partial charge in [-0.3, -0.25) is 0 Å². The molecule has 0 bridgehead atoms. The first-order valence-corrected chi connectivity index (χ1v) is 6.65.